The van der Waals surface area contributed by atoms with Crippen molar-refractivity contribution in [2.24, 2.45) is 5.10 Å². The lowest BCUT2D eigenvalue weighted by Gasteiger charge is -2.02. The van der Waals surface area contributed by atoms with Gasteiger partial charge in [0.05, 0.1) is 16.7 Å². The number of nitro groups is 1. The number of carbonyl (C=O) groups is 1. The van der Waals surface area contributed by atoms with Crippen molar-refractivity contribution in [2.75, 3.05) is 12.4 Å². The Morgan fingerprint density at radius 3 is 2.86 bits per heavy atom. The summed E-state index contributed by atoms with van der Waals surface area (Å²) in [7, 11) is 1.60. The second-order valence-corrected chi connectivity index (χ2v) is 4.22. The molecule has 22 heavy (non-hydrogen) atoms. The van der Waals surface area contributed by atoms with Gasteiger partial charge in [-0.15, -0.1) is 0 Å². The lowest BCUT2D eigenvalue weighted by molar-refractivity contribution is -0.383. The maximum atomic E-state index is 11.7. The number of benzene rings is 1. The fourth-order valence-electron chi connectivity index (χ4n) is 1.72. The van der Waals surface area contributed by atoms with Gasteiger partial charge in [-0.1, -0.05) is 6.07 Å². The van der Waals surface area contributed by atoms with Crippen LogP contribution in [0.5, 0.6) is 0 Å². The van der Waals surface area contributed by atoms with E-state index in [0.717, 1.165) is 0 Å². The summed E-state index contributed by atoms with van der Waals surface area (Å²) in [5.41, 5.74) is 3.54. The molecule has 0 fully saturated rings. The number of aromatic nitrogens is 1. The first-order valence-corrected chi connectivity index (χ1v) is 6.31. The third-order valence-electron chi connectivity index (χ3n) is 2.79. The van der Waals surface area contributed by atoms with E-state index < -0.39 is 10.8 Å². The molecular weight excluding hydrogens is 286 g/mol. The SMILES string of the molecule is CNc1ccc(C=NNC(=O)c2cccnc2)cc1[N+](=O)[O-]. The van der Waals surface area contributed by atoms with Gasteiger partial charge >= 0.3 is 0 Å². The van der Waals surface area contributed by atoms with Crippen LogP contribution >= 0.6 is 0 Å². The van der Waals surface area contributed by atoms with Crippen molar-refractivity contribution in [2.45, 2.75) is 0 Å². The molecule has 0 bridgehead atoms. The summed E-state index contributed by atoms with van der Waals surface area (Å²) in [6.07, 6.45) is 4.31. The van der Waals surface area contributed by atoms with E-state index in [1.165, 1.54) is 18.5 Å². The topological polar surface area (TPSA) is 110 Å². The summed E-state index contributed by atoms with van der Waals surface area (Å²) >= 11 is 0. The number of nitrogens with zero attached hydrogens (tertiary/aromatic N) is 3. The Hall–Kier alpha value is -3.29. The van der Waals surface area contributed by atoms with Crippen LogP contribution in [0.3, 0.4) is 0 Å². The molecule has 0 aliphatic heterocycles. The second kappa shape index (κ2) is 6.93. The average Bonchev–Trinajstić information content (AvgIpc) is 2.55. The lowest BCUT2D eigenvalue weighted by Crippen LogP contribution is -2.17. The van der Waals surface area contributed by atoms with Gasteiger partial charge in [-0.25, -0.2) is 5.43 Å². The quantitative estimate of drug-likeness (QED) is 0.497. The van der Waals surface area contributed by atoms with E-state index in [1.54, 1.807) is 37.5 Å². The van der Waals surface area contributed by atoms with Crippen LogP contribution in [-0.4, -0.2) is 29.1 Å². The predicted molar refractivity (Wildman–Crippen MR) is 81.9 cm³/mol. The molecule has 0 unspecified atom stereocenters. The number of hydrogen-bond donors (Lipinski definition) is 2. The highest BCUT2D eigenvalue weighted by atomic mass is 16.6. The molecule has 2 aromatic rings. The van der Waals surface area contributed by atoms with Crippen molar-refractivity contribution in [1.29, 1.82) is 0 Å². The first kappa shape index (κ1) is 15.1. The van der Waals surface area contributed by atoms with E-state index >= 15 is 0 Å². The van der Waals surface area contributed by atoms with E-state index in [-0.39, 0.29) is 5.69 Å². The standard InChI is InChI=1S/C14H13N5O3/c1-15-12-5-4-10(7-13(12)19(21)22)8-17-18-14(20)11-3-2-6-16-9-11/h2-9,15H,1H3,(H,18,20). The number of amides is 1. The number of rotatable bonds is 5. The van der Waals surface area contributed by atoms with Crippen LogP contribution in [0.1, 0.15) is 15.9 Å². The van der Waals surface area contributed by atoms with Crippen LogP contribution in [0.4, 0.5) is 11.4 Å². The van der Waals surface area contributed by atoms with Crippen molar-refractivity contribution >= 4 is 23.5 Å². The molecule has 0 radical (unpaired) electrons. The van der Waals surface area contributed by atoms with Gasteiger partial charge in [0.1, 0.15) is 5.69 Å². The van der Waals surface area contributed by atoms with E-state index in [4.69, 9.17) is 0 Å². The van der Waals surface area contributed by atoms with Crippen LogP contribution in [0, 0.1) is 10.1 Å². The summed E-state index contributed by atoms with van der Waals surface area (Å²) in [4.78, 5) is 26.0. The zero-order chi connectivity index (χ0) is 15.9. The second-order valence-electron chi connectivity index (χ2n) is 4.22. The zero-order valence-electron chi connectivity index (χ0n) is 11.7. The Morgan fingerprint density at radius 2 is 2.23 bits per heavy atom. The molecule has 112 valence electrons. The highest BCUT2D eigenvalue weighted by Gasteiger charge is 2.12. The lowest BCUT2D eigenvalue weighted by atomic mass is 10.2. The van der Waals surface area contributed by atoms with Gasteiger partial charge < -0.3 is 5.32 Å². The zero-order valence-corrected chi connectivity index (χ0v) is 11.7. The van der Waals surface area contributed by atoms with Gasteiger partial charge in [0.2, 0.25) is 0 Å². The maximum Gasteiger partial charge on any atom is 0.292 e. The molecule has 2 rings (SSSR count). The van der Waals surface area contributed by atoms with Crippen molar-refractivity contribution in [3.05, 3.63) is 64.0 Å². The van der Waals surface area contributed by atoms with Crippen molar-refractivity contribution in [3.8, 4) is 0 Å². The van der Waals surface area contributed by atoms with Crippen molar-refractivity contribution < 1.29 is 9.72 Å². The number of nitrogens with one attached hydrogen (secondary N) is 2. The smallest absolute Gasteiger partial charge is 0.292 e. The van der Waals surface area contributed by atoms with Gasteiger partial charge in [-0.2, -0.15) is 5.10 Å². The predicted octanol–water partition coefficient (Wildman–Crippen LogP) is 1.80. The van der Waals surface area contributed by atoms with Gasteiger partial charge in [-0.05, 0) is 18.2 Å². The normalized spacial score (nSPS) is 10.4. The largest absolute Gasteiger partial charge is 0.383 e. The third-order valence-corrected chi connectivity index (χ3v) is 2.79. The molecule has 2 N–H and O–H groups in total. The number of pyridine rings is 1. The summed E-state index contributed by atoms with van der Waals surface area (Å²) < 4.78 is 0. The number of hydrogen-bond acceptors (Lipinski definition) is 6. The Kier molecular flexibility index (Phi) is 4.76. The molecule has 0 spiro atoms. The summed E-state index contributed by atoms with van der Waals surface area (Å²) in [5, 5.41) is 17.5. The minimum absolute atomic E-state index is 0.0648. The first-order chi connectivity index (χ1) is 10.6. The molecule has 1 aromatic heterocycles. The van der Waals surface area contributed by atoms with Crippen LogP contribution < -0.4 is 10.7 Å². The van der Waals surface area contributed by atoms with Crippen LogP contribution in [-0.2, 0) is 0 Å². The Morgan fingerprint density at radius 1 is 1.41 bits per heavy atom. The molecule has 8 heteroatoms. The molecule has 0 saturated carbocycles. The van der Waals surface area contributed by atoms with Crippen LogP contribution in [0.25, 0.3) is 0 Å². The fraction of sp³-hybridized carbons (Fsp3) is 0.0714. The highest BCUT2D eigenvalue weighted by Crippen LogP contribution is 2.24. The van der Waals surface area contributed by atoms with E-state index in [2.05, 4.69) is 20.8 Å². The first-order valence-electron chi connectivity index (χ1n) is 6.31. The molecule has 0 saturated heterocycles. The Balaban J connectivity index is 2.09. The van der Waals surface area contributed by atoms with Crippen LogP contribution in [0.2, 0.25) is 0 Å². The molecule has 1 aromatic carbocycles. The van der Waals surface area contributed by atoms with E-state index in [0.29, 0.717) is 16.8 Å². The van der Waals surface area contributed by atoms with Crippen molar-refractivity contribution in [3.63, 3.8) is 0 Å². The maximum absolute atomic E-state index is 11.7. The Bertz CT molecular complexity index is 716. The fourth-order valence-corrected chi connectivity index (χ4v) is 1.72. The number of carbonyl (C=O) groups excluding carboxylic acids is 1. The summed E-state index contributed by atoms with van der Waals surface area (Å²) in [6, 6.07) is 7.83. The molecule has 1 amide bonds. The third kappa shape index (κ3) is 3.63. The average molecular weight is 299 g/mol. The summed E-state index contributed by atoms with van der Waals surface area (Å²) in [5.74, 6) is -0.411. The van der Waals surface area contributed by atoms with Gasteiger partial charge in [0.15, 0.2) is 0 Å². The molecular formula is C14H13N5O3. The van der Waals surface area contributed by atoms with Crippen LogP contribution in [0.15, 0.2) is 47.8 Å². The van der Waals surface area contributed by atoms with Gasteiger partial charge in [0, 0.05) is 31.1 Å². The van der Waals surface area contributed by atoms with Gasteiger partial charge in [0.25, 0.3) is 11.6 Å². The molecule has 8 nitrogen and oxygen atoms in total. The number of anilines is 1. The minimum atomic E-state index is -0.489. The summed E-state index contributed by atoms with van der Waals surface area (Å²) in [6.45, 7) is 0. The van der Waals surface area contributed by atoms with Crippen molar-refractivity contribution in [1.82, 2.24) is 10.4 Å². The van der Waals surface area contributed by atoms with E-state index in [1.807, 2.05) is 0 Å². The highest BCUT2D eigenvalue weighted by molar-refractivity contribution is 5.94. The minimum Gasteiger partial charge on any atom is -0.383 e. The molecule has 0 aliphatic rings. The van der Waals surface area contributed by atoms with E-state index in [9.17, 15) is 14.9 Å². The monoisotopic (exact) mass is 299 g/mol. The molecule has 1 heterocycles. The molecule has 0 aliphatic carbocycles. The Labute approximate surface area is 126 Å². The number of nitro benzene ring substituents is 1. The number of hydrazone groups is 1. The van der Waals surface area contributed by atoms with Gasteiger partial charge in [-0.3, -0.25) is 19.9 Å². The molecule has 0 atom stereocenters.